The quantitative estimate of drug-likeness (QED) is 0.695. The summed E-state index contributed by atoms with van der Waals surface area (Å²) in [7, 11) is 0. The van der Waals surface area contributed by atoms with Crippen molar-refractivity contribution in [3.05, 3.63) is 28.1 Å². The van der Waals surface area contributed by atoms with Crippen LogP contribution in [0.1, 0.15) is 30.6 Å². The van der Waals surface area contributed by atoms with Gasteiger partial charge in [-0.15, -0.1) is 0 Å². The van der Waals surface area contributed by atoms with Gasteiger partial charge in [0, 0.05) is 11.5 Å². The van der Waals surface area contributed by atoms with Gasteiger partial charge in [-0.1, -0.05) is 19.1 Å². The van der Waals surface area contributed by atoms with Crippen molar-refractivity contribution < 1.29 is 4.42 Å². The highest BCUT2D eigenvalue weighted by molar-refractivity contribution is 9.10. The molecule has 0 amide bonds. The molecule has 2 rings (SSSR count). The van der Waals surface area contributed by atoms with Crippen molar-refractivity contribution in [2.24, 2.45) is 0 Å². The molecule has 1 atom stereocenters. The highest BCUT2D eigenvalue weighted by atomic mass is 79.9. The normalized spacial score (nSPS) is 20.7. The van der Waals surface area contributed by atoms with Gasteiger partial charge in [0.15, 0.2) is 4.67 Å². The highest BCUT2D eigenvalue weighted by Gasteiger charge is 2.19. The van der Waals surface area contributed by atoms with Crippen molar-refractivity contribution >= 4 is 22.0 Å². The van der Waals surface area contributed by atoms with E-state index in [9.17, 15) is 0 Å². The minimum atomic E-state index is 0.497. The van der Waals surface area contributed by atoms with E-state index in [1.165, 1.54) is 5.56 Å². The lowest BCUT2D eigenvalue weighted by atomic mass is 10.1. The van der Waals surface area contributed by atoms with Gasteiger partial charge in [-0.2, -0.15) is 0 Å². The zero-order chi connectivity index (χ0) is 7.84. The summed E-state index contributed by atoms with van der Waals surface area (Å²) in [5, 5.41) is 0. The van der Waals surface area contributed by atoms with Crippen LogP contribution >= 0.6 is 15.9 Å². The van der Waals surface area contributed by atoms with Crippen LogP contribution in [-0.2, 0) is 0 Å². The Bertz CT molecular complexity index is 299. The molecule has 0 spiro atoms. The van der Waals surface area contributed by atoms with Crippen LogP contribution < -0.4 is 0 Å². The fourth-order valence-electron chi connectivity index (χ4n) is 1.44. The van der Waals surface area contributed by atoms with Gasteiger partial charge in [-0.25, -0.2) is 0 Å². The first-order valence-electron chi connectivity index (χ1n) is 3.78. The number of hydrogen-bond acceptors (Lipinski definition) is 1. The minimum absolute atomic E-state index is 0.497. The molecule has 11 heavy (non-hydrogen) atoms. The number of allylic oxidation sites excluding steroid dienone is 1. The summed E-state index contributed by atoms with van der Waals surface area (Å²) in [4.78, 5) is 0. The second-order valence-corrected chi connectivity index (χ2v) is 3.53. The van der Waals surface area contributed by atoms with Crippen LogP contribution in [0.4, 0.5) is 0 Å². The van der Waals surface area contributed by atoms with Gasteiger partial charge in [0.1, 0.15) is 5.76 Å². The van der Waals surface area contributed by atoms with Gasteiger partial charge in [-0.3, -0.25) is 0 Å². The van der Waals surface area contributed by atoms with E-state index in [1.54, 1.807) is 0 Å². The molecule has 0 N–H and O–H groups in total. The molecule has 1 aliphatic rings. The summed E-state index contributed by atoms with van der Waals surface area (Å²) in [6.45, 7) is 2.17. The third-order valence-electron chi connectivity index (χ3n) is 2.05. The van der Waals surface area contributed by atoms with E-state index < -0.39 is 0 Å². The van der Waals surface area contributed by atoms with Crippen LogP contribution in [0, 0.1) is 0 Å². The summed E-state index contributed by atoms with van der Waals surface area (Å²) in [6.07, 6.45) is 5.43. The number of halogens is 1. The minimum Gasteiger partial charge on any atom is -0.453 e. The molecule has 1 nitrogen and oxygen atoms in total. The Morgan fingerprint density at radius 2 is 2.45 bits per heavy atom. The molecule has 0 bridgehead atoms. The first-order valence-corrected chi connectivity index (χ1v) is 4.58. The maximum atomic E-state index is 5.48. The molecule has 1 unspecified atom stereocenters. The number of rotatable bonds is 1. The Kier molecular flexibility index (Phi) is 1.64. The molecule has 0 fully saturated rings. The molecule has 0 aliphatic heterocycles. The van der Waals surface area contributed by atoms with Crippen LogP contribution in [0.3, 0.4) is 0 Å². The largest absolute Gasteiger partial charge is 0.453 e. The van der Waals surface area contributed by atoms with Gasteiger partial charge in [0.05, 0.1) is 0 Å². The van der Waals surface area contributed by atoms with Crippen LogP contribution in [0.5, 0.6) is 0 Å². The first-order chi connectivity index (χ1) is 5.31. The summed E-state index contributed by atoms with van der Waals surface area (Å²) >= 11 is 3.31. The fraction of sp³-hybridized carbons (Fsp3) is 0.333. The van der Waals surface area contributed by atoms with Crippen LogP contribution in [0.15, 0.2) is 21.2 Å². The lowest BCUT2D eigenvalue weighted by molar-refractivity contribution is 0.469. The van der Waals surface area contributed by atoms with Crippen molar-refractivity contribution in [3.63, 3.8) is 0 Å². The van der Waals surface area contributed by atoms with Crippen molar-refractivity contribution in [1.82, 2.24) is 0 Å². The van der Waals surface area contributed by atoms with Crippen LogP contribution in [-0.4, -0.2) is 0 Å². The van der Waals surface area contributed by atoms with E-state index in [0.717, 1.165) is 16.9 Å². The molecule has 0 saturated heterocycles. The summed E-state index contributed by atoms with van der Waals surface area (Å²) < 4.78 is 6.32. The Hall–Kier alpha value is -0.500. The van der Waals surface area contributed by atoms with Crippen molar-refractivity contribution in [2.75, 3.05) is 0 Å². The molecule has 0 aromatic carbocycles. The number of fused-ring (bicyclic) bond motifs is 1. The zero-order valence-corrected chi connectivity index (χ0v) is 7.89. The summed E-state index contributed by atoms with van der Waals surface area (Å²) in [5.74, 6) is 1.61. The van der Waals surface area contributed by atoms with Gasteiger partial charge in [0.25, 0.3) is 0 Å². The molecule has 1 aliphatic carbocycles. The molecule has 1 heterocycles. The van der Waals surface area contributed by atoms with Crippen molar-refractivity contribution in [2.45, 2.75) is 19.3 Å². The zero-order valence-electron chi connectivity index (χ0n) is 6.30. The van der Waals surface area contributed by atoms with E-state index in [1.807, 2.05) is 6.07 Å². The average Bonchev–Trinajstić information content (AvgIpc) is 2.45. The predicted octanol–water partition coefficient (Wildman–Crippen LogP) is 3.56. The maximum Gasteiger partial charge on any atom is 0.170 e. The molecule has 0 radical (unpaired) electrons. The van der Waals surface area contributed by atoms with Crippen molar-refractivity contribution in [1.29, 1.82) is 0 Å². The summed E-state index contributed by atoms with van der Waals surface area (Å²) in [5.41, 5.74) is 1.23. The highest BCUT2D eigenvalue weighted by Crippen LogP contribution is 2.36. The first kappa shape index (κ1) is 7.17. The molecule has 1 aromatic heterocycles. The molecule has 1 aromatic rings. The Labute approximate surface area is 74.2 Å². The molecule has 0 saturated carbocycles. The van der Waals surface area contributed by atoms with E-state index in [-0.39, 0.29) is 0 Å². The topological polar surface area (TPSA) is 13.1 Å². The Morgan fingerprint density at radius 1 is 1.64 bits per heavy atom. The third kappa shape index (κ3) is 1.06. The smallest absolute Gasteiger partial charge is 0.170 e. The van der Waals surface area contributed by atoms with Gasteiger partial charge in [-0.05, 0) is 28.4 Å². The molecular formula is C9H9BrO. The average molecular weight is 213 g/mol. The van der Waals surface area contributed by atoms with Crippen molar-refractivity contribution in [3.8, 4) is 0 Å². The number of hydrogen-bond donors (Lipinski definition) is 0. The lowest BCUT2D eigenvalue weighted by Crippen LogP contribution is -1.86. The van der Waals surface area contributed by atoms with Gasteiger partial charge < -0.3 is 4.42 Å². The number of furan rings is 1. The van der Waals surface area contributed by atoms with Gasteiger partial charge in [0.2, 0.25) is 0 Å². The Morgan fingerprint density at radius 3 is 3.18 bits per heavy atom. The summed E-state index contributed by atoms with van der Waals surface area (Å²) in [6, 6.07) is 2.02. The van der Waals surface area contributed by atoms with E-state index in [4.69, 9.17) is 4.42 Å². The Balaban J connectivity index is 2.45. The lowest BCUT2D eigenvalue weighted by Gasteiger charge is -2.00. The molecule has 58 valence electrons. The predicted molar refractivity (Wildman–Crippen MR) is 48.5 cm³/mol. The third-order valence-corrected chi connectivity index (χ3v) is 2.44. The standard InChI is InChI=1S/C9H9BrO/c1-2-6-3-4-7-5-8(10)11-9(6)7/h3-6H,2H2,1H3. The molecule has 2 heteroatoms. The van der Waals surface area contributed by atoms with E-state index >= 15 is 0 Å². The van der Waals surface area contributed by atoms with Gasteiger partial charge >= 0.3 is 0 Å². The van der Waals surface area contributed by atoms with Crippen LogP contribution in [0.2, 0.25) is 0 Å². The van der Waals surface area contributed by atoms with Crippen LogP contribution in [0.25, 0.3) is 6.08 Å². The maximum absolute atomic E-state index is 5.48. The SMILES string of the molecule is CCC1C=Cc2cc(Br)oc21. The second kappa shape index (κ2) is 2.52. The van der Waals surface area contributed by atoms with E-state index in [2.05, 4.69) is 35.0 Å². The fourth-order valence-corrected chi connectivity index (χ4v) is 1.86. The molecular weight excluding hydrogens is 204 g/mol. The second-order valence-electron chi connectivity index (χ2n) is 2.74. The van der Waals surface area contributed by atoms with E-state index in [0.29, 0.717) is 5.92 Å². The monoisotopic (exact) mass is 212 g/mol.